The van der Waals surface area contributed by atoms with E-state index in [-0.39, 0.29) is 5.91 Å². The van der Waals surface area contributed by atoms with E-state index in [1.165, 1.54) is 0 Å². The number of carbonyl (C=O) groups is 1. The molecule has 0 radical (unpaired) electrons. The van der Waals surface area contributed by atoms with Crippen molar-refractivity contribution in [1.82, 2.24) is 10.2 Å². The summed E-state index contributed by atoms with van der Waals surface area (Å²) in [7, 11) is 3.37. The molecule has 1 fully saturated rings. The Balaban J connectivity index is 2.13. The highest BCUT2D eigenvalue weighted by Crippen LogP contribution is 2.29. The third-order valence-corrected chi connectivity index (χ3v) is 4.84. The highest BCUT2D eigenvalue weighted by Gasteiger charge is 2.41. The van der Waals surface area contributed by atoms with Gasteiger partial charge in [-0.15, -0.1) is 0 Å². The molecular weight excluding hydrogens is 311 g/mol. The molecule has 6 heteroatoms. The number of hydrogen-bond acceptors (Lipinski definition) is 3. The molecule has 0 saturated carbocycles. The van der Waals surface area contributed by atoms with Gasteiger partial charge in [-0.3, -0.25) is 4.79 Å². The van der Waals surface area contributed by atoms with Crippen LogP contribution in [0.1, 0.15) is 18.4 Å². The molecule has 1 N–H and O–H groups in total. The summed E-state index contributed by atoms with van der Waals surface area (Å²) < 4.78 is 5.56. The Morgan fingerprint density at radius 2 is 2.05 bits per heavy atom. The first kappa shape index (κ1) is 16.6. The van der Waals surface area contributed by atoms with Crippen molar-refractivity contribution in [2.75, 3.05) is 27.2 Å². The second kappa shape index (κ2) is 6.97. The second-order valence-corrected chi connectivity index (χ2v) is 6.11. The van der Waals surface area contributed by atoms with Gasteiger partial charge in [0.2, 0.25) is 0 Å². The fourth-order valence-corrected chi connectivity index (χ4v) is 3.06. The van der Waals surface area contributed by atoms with E-state index in [0.717, 1.165) is 18.7 Å². The maximum atomic E-state index is 12.7. The monoisotopic (exact) mass is 330 g/mol. The Kier molecular flexibility index (Phi) is 5.49. The number of amides is 1. The molecule has 0 bridgehead atoms. The van der Waals surface area contributed by atoms with Crippen LogP contribution in [0.4, 0.5) is 0 Å². The molecule has 1 aromatic carbocycles. The zero-order chi connectivity index (χ0) is 15.5. The fourth-order valence-electron chi connectivity index (χ4n) is 2.68. The van der Waals surface area contributed by atoms with E-state index in [4.69, 9.17) is 27.9 Å². The van der Waals surface area contributed by atoms with Gasteiger partial charge < -0.3 is 15.0 Å². The maximum Gasteiger partial charge on any atom is 0.254 e. The van der Waals surface area contributed by atoms with Crippen molar-refractivity contribution in [3.8, 4) is 0 Å². The van der Waals surface area contributed by atoms with Gasteiger partial charge in [-0.1, -0.05) is 35.3 Å². The number of piperidine rings is 1. The van der Waals surface area contributed by atoms with Gasteiger partial charge in [-0.25, -0.2) is 0 Å². The van der Waals surface area contributed by atoms with Crippen LogP contribution in [0, 0.1) is 0 Å². The minimum Gasteiger partial charge on any atom is -0.368 e. The van der Waals surface area contributed by atoms with Crippen molar-refractivity contribution in [3.05, 3.63) is 33.8 Å². The van der Waals surface area contributed by atoms with E-state index in [1.807, 2.05) is 12.1 Å². The molecule has 21 heavy (non-hydrogen) atoms. The van der Waals surface area contributed by atoms with E-state index >= 15 is 0 Å². The summed E-state index contributed by atoms with van der Waals surface area (Å²) in [6.45, 7) is 1.98. The lowest BCUT2D eigenvalue weighted by Gasteiger charge is -2.37. The molecule has 1 amide bonds. The molecule has 1 aliphatic rings. The normalized spacial score (nSPS) is 17.5. The van der Waals surface area contributed by atoms with Crippen LogP contribution in [0.25, 0.3) is 0 Å². The quantitative estimate of drug-likeness (QED) is 0.922. The summed E-state index contributed by atoms with van der Waals surface area (Å²) in [6.07, 6.45) is 1.35. The lowest BCUT2D eigenvalue weighted by atomic mass is 9.90. The molecule has 0 unspecified atom stereocenters. The number of nitrogens with one attached hydrogen (secondary N) is 1. The van der Waals surface area contributed by atoms with Crippen LogP contribution in [-0.2, 0) is 16.1 Å². The smallest absolute Gasteiger partial charge is 0.254 e. The number of hydrogen-bond donors (Lipinski definition) is 1. The Bertz CT molecular complexity index is 516. The highest BCUT2D eigenvalue weighted by atomic mass is 35.5. The van der Waals surface area contributed by atoms with Crippen LogP contribution < -0.4 is 5.32 Å². The summed E-state index contributed by atoms with van der Waals surface area (Å²) in [4.78, 5) is 14.4. The van der Waals surface area contributed by atoms with Crippen LogP contribution in [0.2, 0.25) is 10.0 Å². The van der Waals surface area contributed by atoms with Gasteiger partial charge in [-0.05, 0) is 37.6 Å². The van der Waals surface area contributed by atoms with E-state index in [0.29, 0.717) is 29.4 Å². The Hall–Kier alpha value is -0.810. The Morgan fingerprint density at radius 1 is 1.38 bits per heavy atom. The molecule has 0 spiro atoms. The number of likely N-dealkylation sites (N-methyl/N-ethyl adjacent to an activating group) is 1. The summed E-state index contributed by atoms with van der Waals surface area (Å²) in [6, 6.07) is 5.44. The minimum absolute atomic E-state index is 0.0115. The van der Waals surface area contributed by atoms with Crippen LogP contribution in [0.15, 0.2) is 18.2 Å². The molecule has 2 rings (SSSR count). The van der Waals surface area contributed by atoms with Crippen molar-refractivity contribution >= 4 is 29.1 Å². The molecule has 1 aliphatic heterocycles. The minimum atomic E-state index is -0.731. The number of nitrogens with zero attached hydrogens (tertiary/aromatic N) is 1. The van der Waals surface area contributed by atoms with Gasteiger partial charge in [0.05, 0.1) is 10.0 Å². The average Bonchev–Trinajstić information content (AvgIpc) is 2.51. The average molecular weight is 331 g/mol. The Morgan fingerprint density at radius 3 is 2.67 bits per heavy atom. The van der Waals surface area contributed by atoms with Gasteiger partial charge in [-0.2, -0.15) is 0 Å². The molecule has 116 valence electrons. The lowest BCUT2D eigenvalue weighted by molar-refractivity contribution is -0.157. The van der Waals surface area contributed by atoms with Crippen LogP contribution >= 0.6 is 23.2 Å². The number of benzene rings is 1. The van der Waals surface area contributed by atoms with E-state index in [1.54, 1.807) is 25.1 Å². The molecule has 0 aliphatic carbocycles. The van der Waals surface area contributed by atoms with Gasteiger partial charge in [0.15, 0.2) is 0 Å². The van der Waals surface area contributed by atoms with E-state index < -0.39 is 5.60 Å². The third-order valence-electron chi connectivity index (χ3n) is 3.98. The standard InChI is InChI=1S/C15H20Cl2N2O2/c1-19(10-11-4-3-5-12(16)13(11)17)14(20)15(21-2)6-8-18-9-7-15/h3-5,18H,6-10H2,1-2H3. The van der Waals surface area contributed by atoms with Gasteiger partial charge in [0, 0.05) is 20.7 Å². The molecule has 0 atom stereocenters. The molecular formula is C15H20Cl2N2O2. The molecule has 1 saturated heterocycles. The molecule has 0 aromatic heterocycles. The van der Waals surface area contributed by atoms with Crippen LogP contribution in [0.5, 0.6) is 0 Å². The van der Waals surface area contributed by atoms with Gasteiger partial charge in [0.1, 0.15) is 5.60 Å². The predicted molar refractivity (Wildman–Crippen MR) is 84.8 cm³/mol. The summed E-state index contributed by atoms with van der Waals surface area (Å²) in [5.74, 6) is -0.0115. The maximum absolute atomic E-state index is 12.7. The predicted octanol–water partition coefficient (Wildman–Crippen LogP) is 2.72. The van der Waals surface area contributed by atoms with Crippen molar-refractivity contribution in [2.45, 2.75) is 25.0 Å². The number of halogens is 2. The molecule has 1 heterocycles. The first-order valence-corrected chi connectivity index (χ1v) is 7.70. The van der Waals surface area contributed by atoms with E-state index in [9.17, 15) is 4.79 Å². The zero-order valence-corrected chi connectivity index (χ0v) is 13.8. The summed E-state index contributed by atoms with van der Waals surface area (Å²) in [5, 5.41) is 4.24. The van der Waals surface area contributed by atoms with Crippen LogP contribution in [0.3, 0.4) is 0 Å². The second-order valence-electron chi connectivity index (χ2n) is 5.32. The van der Waals surface area contributed by atoms with Crippen LogP contribution in [-0.4, -0.2) is 43.7 Å². The van der Waals surface area contributed by atoms with Gasteiger partial charge >= 0.3 is 0 Å². The number of carbonyl (C=O) groups excluding carboxylic acids is 1. The zero-order valence-electron chi connectivity index (χ0n) is 12.3. The first-order chi connectivity index (χ1) is 10.00. The van der Waals surface area contributed by atoms with Crippen molar-refractivity contribution < 1.29 is 9.53 Å². The number of methoxy groups -OCH3 is 1. The van der Waals surface area contributed by atoms with Crippen molar-refractivity contribution in [1.29, 1.82) is 0 Å². The van der Waals surface area contributed by atoms with Crippen molar-refractivity contribution in [2.24, 2.45) is 0 Å². The lowest BCUT2D eigenvalue weighted by Crippen LogP contribution is -2.54. The third kappa shape index (κ3) is 3.51. The fraction of sp³-hybridized carbons (Fsp3) is 0.533. The largest absolute Gasteiger partial charge is 0.368 e. The number of ether oxygens (including phenoxy) is 1. The Labute approximate surface area is 135 Å². The summed E-state index contributed by atoms with van der Waals surface area (Å²) in [5.41, 5.74) is 0.102. The SMILES string of the molecule is COC1(C(=O)N(C)Cc2cccc(Cl)c2Cl)CCNCC1. The van der Waals surface area contributed by atoms with Gasteiger partial charge in [0.25, 0.3) is 5.91 Å². The molecule has 4 nitrogen and oxygen atoms in total. The topological polar surface area (TPSA) is 41.6 Å². The summed E-state index contributed by atoms with van der Waals surface area (Å²) >= 11 is 12.2. The number of rotatable bonds is 4. The first-order valence-electron chi connectivity index (χ1n) is 6.94. The molecule has 1 aromatic rings. The van der Waals surface area contributed by atoms with E-state index in [2.05, 4.69) is 5.32 Å². The highest BCUT2D eigenvalue weighted by molar-refractivity contribution is 6.42. The van der Waals surface area contributed by atoms with Crippen molar-refractivity contribution in [3.63, 3.8) is 0 Å².